The lowest BCUT2D eigenvalue weighted by molar-refractivity contribution is 0.411. The van der Waals surface area contributed by atoms with E-state index >= 15 is 0 Å². The Bertz CT molecular complexity index is 887. The zero-order valence-corrected chi connectivity index (χ0v) is 15.8. The molecule has 0 unspecified atom stereocenters. The highest BCUT2D eigenvalue weighted by Gasteiger charge is 2.14. The summed E-state index contributed by atoms with van der Waals surface area (Å²) < 4.78 is 9.93. The molecule has 0 aliphatic rings. The molecule has 24 heavy (non-hydrogen) atoms. The highest BCUT2D eigenvalue weighted by Crippen LogP contribution is 2.39. The van der Waals surface area contributed by atoms with Crippen LogP contribution in [0.15, 0.2) is 41.4 Å². The molecule has 0 aliphatic carbocycles. The molecule has 3 aromatic rings. The van der Waals surface area contributed by atoms with Gasteiger partial charge in [-0.15, -0.1) is 11.8 Å². The number of hydrogen-bond acceptors (Lipinski definition) is 5. The largest absolute Gasteiger partial charge is 0.496 e. The maximum Gasteiger partial charge on any atom is 0.122 e. The topological polar surface area (TPSA) is 48.1 Å². The highest BCUT2D eigenvalue weighted by molar-refractivity contribution is 7.98. The third-order valence-corrected chi connectivity index (χ3v) is 5.87. The number of nitrogens with two attached hydrogens (primary N) is 1. The van der Waals surface area contributed by atoms with Gasteiger partial charge in [-0.05, 0) is 72.1 Å². The number of nitrogen functional groups attached to an aromatic ring is 1. The van der Waals surface area contributed by atoms with Crippen LogP contribution in [0.3, 0.4) is 0 Å². The van der Waals surface area contributed by atoms with Gasteiger partial charge in [0.05, 0.1) is 12.0 Å². The van der Waals surface area contributed by atoms with Crippen molar-refractivity contribution < 1.29 is 4.74 Å². The van der Waals surface area contributed by atoms with Crippen LogP contribution in [0.25, 0.3) is 21.6 Å². The number of aryl methyl sites for hydroxylation is 1. The fraction of sp³-hybridized carbons (Fsp3) is 0.211. The summed E-state index contributed by atoms with van der Waals surface area (Å²) in [6, 6.07) is 10.5. The monoisotopic (exact) mass is 356 g/mol. The first-order valence-electron chi connectivity index (χ1n) is 7.59. The van der Waals surface area contributed by atoms with E-state index in [1.807, 2.05) is 18.5 Å². The lowest BCUT2D eigenvalue weighted by atomic mass is 9.99. The highest BCUT2D eigenvalue weighted by atomic mass is 32.2. The number of anilines is 1. The van der Waals surface area contributed by atoms with Crippen LogP contribution in [0.2, 0.25) is 0 Å². The number of thioether (sulfide) groups is 1. The molecule has 0 bridgehead atoms. The minimum atomic E-state index is 0.801. The molecular weight excluding hydrogens is 336 g/mol. The molecule has 3 rings (SSSR count). The molecule has 3 nitrogen and oxygen atoms in total. The van der Waals surface area contributed by atoms with Crippen molar-refractivity contribution in [3.8, 4) is 27.3 Å². The van der Waals surface area contributed by atoms with Gasteiger partial charge in [0, 0.05) is 22.3 Å². The van der Waals surface area contributed by atoms with Gasteiger partial charge in [0.15, 0.2) is 0 Å². The van der Waals surface area contributed by atoms with Gasteiger partial charge in [-0.1, -0.05) is 12.1 Å². The second-order valence-electron chi connectivity index (χ2n) is 5.65. The summed E-state index contributed by atoms with van der Waals surface area (Å²) in [4.78, 5) is 2.23. The van der Waals surface area contributed by atoms with Gasteiger partial charge < -0.3 is 10.5 Å². The molecule has 0 saturated heterocycles. The van der Waals surface area contributed by atoms with Crippen LogP contribution in [0.4, 0.5) is 5.69 Å². The summed E-state index contributed by atoms with van der Waals surface area (Å²) in [6.45, 7) is 4.18. The van der Waals surface area contributed by atoms with Gasteiger partial charge in [-0.2, -0.15) is 4.37 Å². The van der Waals surface area contributed by atoms with Crippen LogP contribution in [0.1, 0.15) is 11.1 Å². The molecule has 2 N–H and O–H groups in total. The predicted molar refractivity (Wildman–Crippen MR) is 105 cm³/mol. The zero-order chi connectivity index (χ0) is 17.3. The van der Waals surface area contributed by atoms with Crippen molar-refractivity contribution in [3.05, 3.63) is 47.7 Å². The molecule has 1 aromatic heterocycles. The SMILES string of the molecule is COc1cc(-c2sncc2-c2ccc(SC)c(N)c2)cc(C)c1C. The molecule has 0 saturated carbocycles. The lowest BCUT2D eigenvalue weighted by Gasteiger charge is -2.12. The quantitative estimate of drug-likeness (QED) is 0.502. The summed E-state index contributed by atoms with van der Waals surface area (Å²) in [5.74, 6) is 0.904. The number of benzene rings is 2. The number of aromatic nitrogens is 1. The Kier molecular flexibility index (Phi) is 4.83. The van der Waals surface area contributed by atoms with E-state index in [9.17, 15) is 0 Å². The second kappa shape index (κ2) is 6.87. The third-order valence-electron chi connectivity index (χ3n) is 4.21. The molecule has 0 fully saturated rings. The van der Waals surface area contributed by atoms with E-state index in [0.717, 1.165) is 37.9 Å². The average molecular weight is 357 g/mol. The molecule has 0 amide bonds. The number of nitrogens with zero attached hydrogens (tertiary/aromatic N) is 1. The smallest absolute Gasteiger partial charge is 0.122 e. The molecular formula is C19H20N2OS2. The second-order valence-corrected chi connectivity index (χ2v) is 7.30. The Hall–Kier alpha value is -1.98. The van der Waals surface area contributed by atoms with Crippen LogP contribution in [-0.4, -0.2) is 17.7 Å². The van der Waals surface area contributed by atoms with Gasteiger partial charge in [0.2, 0.25) is 0 Å². The first-order valence-corrected chi connectivity index (χ1v) is 9.59. The summed E-state index contributed by atoms with van der Waals surface area (Å²) >= 11 is 3.15. The van der Waals surface area contributed by atoms with Crippen molar-refractivity contribution in [1.29, 1.82) is 0 Å². The molecule has 124 valence electrons. The minimum Gasteiger partial charge on any atom is -0.496 e. The van der Waals surface area contributed by atoms with E-state index in [2.05, 4.69) is 42.5 Å². The van der Waals surface area contributed by atoms with Gasteiger partial charge in [0.1, 0.15) is 5.75 Å². The molecule has 2 aromatic carbocycles. The Balaban J connectivity index is 2.12. The molecule has 5 heteroatoms. The van der Waals surface area contributed by atoms with E-state index in [-0.39, 0.29) is 0 Å². The van der Waals surface area contributed by atoms with E-state index < -0.39 is 0 Å². The Morgan fingerprint density at radius 2 is 1.92 bits per heavy atom. The van der Waals surface area contributed by atoms with E-state index in [1.54, 1.807) is 18.9 Å². The standard InChI is InChI=1S/C19H20N2OS2/c1-11-7-14(9-17(22-3)12(11)2)19-15(10-21-24-19)13-5-6-18(23-4)16(20)8-13/h5-10H,20H2,1-4H3. The Morgan fingerprint density at radius 1 is 1.12 bits per heavy atom. The zero-order valence-electron chi connectivity index (χ0n) is 14.2. The van der Waals surface area contributed by atoms with E-state index in [1.165, 1.54) is 22.7 Å². The Labute approximate surface area is 151 Å². The fourth-order valence-electron chi connectivity index (χ4n) is 2.73. The van der Waals surface area contributed by atoms with Crippen LogP contribution < -0.4 is 10.5 Å². The van der Waals surface area contributed by atoms with Gasteiger partial charge in [0.25, 0.3) is 0 Å². The summed E-state index contributed by atoms with van der Waals surface area (Å²) in [5.41, 5.74) is 12.7. The summed E-state index contributed by atoms with van der Waals surface area (Å²) in [5, 5.41) is 0. The molecule has 0 radical (unpaired) electrons. The summed E-state index contributed by atoms with van der Waals surface area (Å²) in [7, 11) is 1.71. The first-order chi connectivity index (χ1) is 11.5. The van der Waals surface area contributed by atoms with Gasteiger partial charge in [-0.3, -0.25) is 0 Å². The van der Waals surface area contributed by atoms with Crippen LogP contribution in [0, 0.1) is 13.8 Å². The van der Waals surface area contributed by atoms with Crippen molar-refractivity contribution in [2.45, 2.75) is 18.7 Å². The molecule has 0 spiro atoms. The van der Waals surface area contributed by atoms with Gasteiger partial charge >= 0.3 is 0 Å². The van der Waals surface area contributed by atoms with E-state index in [4.69, 9.17) is 10.5 Å². The molecule has 0 aliphatic heterocycles. The average Bonchev–Trinajstić information content (AvgIpc) is 3.06. The van der Waals surface area contributed by atoms with Crippen LogP contribution in [-0.2, 0) is 0 Å². The van der Waals surface area contributed by atoms with Crippen molar-refractivity contribution >= 4 is 29.0 Å². The van der Waals surface area contributed by atoms with Gasteiger partial charge in [-0.25, -0.2) is 0 Å². The molecule has 0 atom stereocenters. The molecule has 1 heterocycles. The number of ether oxygens (including phenoxy) is 1. The third kappa shape index (κ3) is 3.01. The fourth-order valence-corrected chi connectivity index (χ4v) is 3.98. The maximum absolute atomic E-state index is 6.16. The Morgan fingerprint density at radius 3 is 2.58 bits per heavy atom. The predicted octanol–water partition coefficient (Wildman–Crippen LogP) is 5.41. The summed E-state index contributed by atoms with van der Waals surface area (Å²) in [6.07, 6.45) is 3.94. The number of rotatable bonds is 4. The van der Waals surface area contributed by atoms with Crippen molar-refractivity contribution in [3.63, 3.8) is 0 Å². The normalized spacial score (nSPS) is 10.8. The number of hydrogen-bond donors (Lipinski definition) is 1. The van der Waals surface area contributed by atoms with Crippen LogP contribution >= 0.6 is 23.3 Å². The van der Waals surface area contributed by atoms with E-state index in [0.29, 0.717) is 0 Å². The lowest BCUT2D eigenvalue weighted by Crippen LogP contribution is -1.92. The maximum atomic E-state index is 6.16. The van der Waals surface area contributed by atoms with Crippen molar-refractivity contribution in [2.75, 3.05) is 19.1 Å². The number of methoxy groups -OCH3 is 1. The minimum absolute atomic E-state index is 0.801. The van der Waals surface area contributed by atoms with Crippen molar-refractivity contribution in [2.24, 2.45) is 0 Å². The first kappa shape index (κ1) is 16.9. The van der Waals surface area contributed by atoms with Crippen molar-refractivity contribution in [1.82, 2.24) is 4.37 Å². The van der Waals surface area contributed by atoms with Crippen LogP contribution in [0.5, 0.6) is 5.75 Å².